The summed E-state index contributed by atoms with van der Waals surface area (Å²) in [5.74, 6) is 0.227. The summed E-state index contributed by atoms with van der Waals surface area (Å²) in [5, 5.41) is 28.9. The van der Waals surface area contributed by atoms with Crippen LogP contribution in [0.2, 0.25) is 0 Å². The van der Waals surface area contributed by atoms with E-state index in [-0.39, 0.29) is 5.82 Å². The second-order valence-corrected chi connectivity index (χ2v) is 5.40. The molecule has 0 aromatic carbocycles. The number of nitrogen functional groups attached to an aromatic ring is 1. The van der Waals surface area contributed by atoms with E-state index < -0.39 is 31.1 Å². The fraction of sp³-hybridized carbons (Fsp3) is 0.500. The average molecular weight is 393 g/mol. The molecule has 1 fully saturated rings. The zero-order valence-corrected chi connectivity index (χ0v) is 12.2. The van der Waals surface area contributed by atoms with Crippen molar-refractivity contribution in [3.63, 3.8) is 0 Å². The molecule has 0 amide bonds. The van der Waals surface area contributed by atoms with E-state index in [9.17, 15) is 10.2 Å². The van der Waals surface area contributed by atoms with Crippen LogP contribution in [0.5, 0.6) is 0 Å². The number of fused-ring (bicyclic) bond motifs is 1. The van der Waals surface area contributed by atoms with Gasteiger partial charge in [-0.2, -0.15) is 0 Å². The lowest BCUT2D eigenvalue weighted by Gasteiger charge is -2.16. The molecule has 1 saturated heterocycles. The van der Waals surface area contributed by atoms with Crippen molar-refractivity contribution in [1.82, 2.24) is 19.5 Å². The van der Waals surface area contributed by atoms with Gasteiger partial charge in [0.25, 0.3) is 0 Å². The summed E-state index contributed by atoms with van der Waals surface area (Å²) in [6.07, 6.45) is -2.71. The minimum Gasteiger partial charge on any atom is -0.394 e. The van der Waals surface area contributed by atoms with Crippen molar-refractivity contribution in [3.05, 3.63) is 10.2 Å². The van der Waals surface area contributed by atoms with Gasteiger partial charge < -0.3 is 25.8 Å². The summed E-state index contributed by atoms with van der Waals surface area (Å²) >= 11 is 1.92. The third-order valence-electron chi connectivity index (χ3n) is 3.21. The lowest BCUT2D eigenvalue weighted by molar-refractivity contribution is -0.0511. The number of anilines is 1. The van der Waals surface area contributed by atoms with Crippen LogP contribution in [0, 0.1) is 3.83 Å². The van der Waals surface area contributed by atoms with Crippen LogP contribution in [0.15, 0.2) is 6.33 Å². The van der Waals surface area contributed by atoms with Crippen molar-refractivity contribution in [2.45, 2.75) is 24.5 Å². The molecule has 0 spiro atoms. The maximum absolute atomic E-state index is 10.0. The molecule has 0 aliphatic carbocycles. The molecule has 20 heavy (non-hydrogen) atoms. The lowest BCUT2D eigenvalue weighted by atomic mass is 10.1. The van der Waals surface area contributed by atoms with Crippen LogP contribution in [-0.4, -0.2) is 59.8 Å². The first-order chi connectivity index (χ1) is 9.52. The molecule has 4 atom stereocenters. The van der Waals surface area contributed by atoms with Gasteiger partial charge in [-0.3, -0.25) is 4.57 Å². The maximum atomic E-state index is 10.0. The Kier molecular flexibility index (Phi) is 3.50. The first-order valence-electron chi connectivity index (χ1n) is 5.81. The van der Waals surface area contributed by atoms with Crippen LogP contribution in [0.25, 0.3) is 11.2 Å². The number of aromatic nitrogens is 4. The average Bonchev–Trinajstić information content (AvgIpc) is 2.93. The zero-order chi connectivity index (χ0) is 14.4. The standard InChI is InChI=1S/C10H12IN5O4/c11-10-14-7(12)4-8(15-10)16(2-13-4)9-6(19)5(18)3(1-17)20-9/h2-3,5-6,9,17-19H,1H2,(H2,12,14,15)/t3-,5-,6?,9?/m1/s1. The van der Waals surface area contributed by atoms with Crippen molar-refractivity contribution in [2.24, 2.45) is 0 Å². The van der Waals surface area contributed by atoms with Crippen LogP contribution in [0.1, 0.15) is 6.23 Å². The number of imidazole rings is 1. The van der Waals surface area contributed by atoms with E-state index in [1.807, 2.05) is 22.6 Å². The van der Waals surface area contributed by atoms with Gasteiger partial charge in [-0.25, -0.2) is 15.0 Å². The van der Waals surface area contributed by atoms with E-state index in [2.05, 4.69) is 15.0 Å². The van der Waals surface area contributed by atoms with E-state index in [0.717, 1.165) is 0 Å². The van der Waals surface area contributed by atoms with E-state index in [4.69, 9.17) is 15.6 Å². The Bertz CT molecular complexity index is 650. The molecule has 1 aliphatic rings. The zero-order valence-electron chi connectivity index (χ0n) is 10.1. The molecule has 9 nitrogen and oxygen atoms in total. The second kappa shape index (κ2) is 5.04. The van der Waals surface area contributed by atoms with Crippen molar-refractivity contribution in [3.8, 4) is 0 Å². The van der Waals surface area contributed by atoms with E-state index >= 15 is 0 Å². The Morgan fingerprint density at radius 1 is 1.35 bits per heavy atom. The van der Waals surface area contributed by atoms with Crippen LogP contribution in [0.3, 0.4) is 0 Å². The number of rotatable bonds is 2. The number of aliphatic hydroxyl groups excluding tert-OH is 3. The van der Waals surface area contributed by atoms with Gasteiger partial charge in [0.15, 0.2) is 21.5 Å². The largest absolute Gasteiger partial charge is 0.394 e. The predicted octanol–water partition coefficient (Wildman–Crippen LogP) is -1.38. The number of aliphatic hydroxyl groups is 3. The molecule has 2 aromatic heterocycles. The number of halogens is 1. The summed E-state index contributed by atoms with van der Waals surface area (Å²) in [6.45, 7) is -0.393. The van der Waals surface area contributed by atoms with E-state index in [1.54, 1.807) is 0 Å². The van der Waals surface area contributed by atoms with E-state index in [0.29, 0.717) is 15.0 Å². The smallest absolute Gasteiger partial charge is 0.194 e. The van der Waals surface area contributed by atoms with Crippen LogP contribution in [-0.2, 0) is 4.74 Å². The van der Waals surface area contributed by atoms with Crippen molar-refractivity contribution in [1.29, 1.82) is 0 Å². The van der Waals surface area contributed by atoms with Crippen LogP contribution in [0.4, 0.5) is 5.82 Å². The number of hydrogen-bond donors (Lipinski definition) is 4. The van der Waals surface area contributed by atoms with Gasteiger partial charge in [0, 0.05) is 22.6 Å². The molecule has 5 N–H and O–H groups in total. The minimum atomic E-state index is -1.20. The Morgan fingerprint density at radius 2 is 2.10 bits per heavy atom. The summed E-state index contributed by atoms with van der Waals surface area (Å²) < 4.78 is 7.34. The predicted molar refractivity (Wildman–Crippen MR) is 75.5 cm³/mol. The number of nitrogens with two attached hydrogens (primary N) is 1. The third kappa shape index (κ3) is 2.03. The Hall–Kier alpha value is -1.08. The highest BCUT2D eigenvalue weighted by Gasteiger charge is 2.44. The molecule has 108 valence electrons. The van der Waals surface area contributed by atoms with Crippen LogP contribution >= 0.6 is 22.6 Å². The van der Waals surface area contributed by atoms with Gasteiger partial charge in [0.1, 0.15) is 23.8 Å². The SMILES string of the molecule is Nc1nc(I)nc2c1ncn2C1O[C@H](CO)[C@@H](O)C1O. The number of hydrogen-bond acceptors (Lipinski definition) is 8. The summed E-state index contributed by atoms with van der Waals surface area (Å²) in [4.78, 5) is 12.3. The minimum absolute atomic E-state index is 0.227. The van der Waals surface area contributed by atoms with Gasteiger partial charge in [-0.1, -0.05) is 0 Å². The van der Waals surface area contributed by atoms with Gasteiger partial charge in [0.2, 0.25) is 0 Å². The Labute approximate surface area is 126 Å². The molecule has 1 aliphatic heterocycles. The van der Waals surface area contributed by atoms with E-state index in [1.165, 1.54) is 10.9 Å². The maximum Gasteiger partial charge on any atom is 0.194 e. The van der Waals surface area contributed by atoms with Crippen LogP contribution < -0.4 is 5.73 Å². The Balaban J connectivity index is 2.07. The quantitative estimate of drug-likeness (QED) is 0.362. The topological polar surface area (TPSA) is 140 Å². The first kappa shape index (κ1) is 13.9. The molecular weight excluding hydrogens is 381 g/mol. The molecule has 3 rings (SSSR count). The molecule has 2 unspecified atom stereocenters. The monoisotopic (exact) mass is 393 g/mol. The highest BCUT2D eigenvalue weighted by atomic mass is 127. The van der Waals surface area contributed by atoms with Gasteiger partial charge in [-0.15, -0.1) is 0 Å². The Morgan fingerprint density at radius 3 is 2.75 bits per heavy atom. The molecular formula is C10H12IN5O4. The molecule has 10 heteroatoms. The van der Waals surface area contributed by atoms with Gasteiger partial charge in [-0.05, 0) is 0 Å². The first-order valence-corrected chi connectivity index (χ1v) is 6.88. The fourth-order valence-corrected chi connectivity index (χ4v) is 2.70. The van der Waals surface area contributed by atoms with Crippen molar-refractivity contribution >= 4 is 39.6 Å². The molecule has 3 heterocycles. The molecule has 2 aromatic rings. The summed E-state index contributed by atoms with van der Waals surface area (Å²) in [7, 11) is 0. The number of nitrogens with zero attached hydrogens (tertiary/aromatic N) is 4. The molecule has 0 saturated carbocycles. The molecule has 0 bridgehead atoms. The van der Waals surface area contributed by atoms with Gasteiger partial charge in [0.05, 0.1) is 12.9 Å². The summed E-state index contributed by atoms with van der Waals surface area (Å²) in [5.41, 5.74) is 6.55. The second-order valence-electron chi connectivity index (χ2n) is 4.43. The van der Waals surface area contributed by atoms with Crippen molar-refractivity contribution in [2.75, 3.05) is 12.3 Å². The highest BCUT2D eigenvalue weighted by Crippen LogP contribution is 2.31. The van der Waals surface area contributed by atoms with Gasteiger partial charge >= 0.3 is 0 Å². The molecule has 0 radical (unpaired) electrons. The summed E-state index contributed by atoms with van der Waals surface area (Å²) in [6, 6.07) is 0. The fourth-order valence-electron chi connectivity index (χ4n) is 2.21. The highest BCUT2D eigenvalue weighted by molar-refractivity contribution is 14.1. The lowest BCUT2D eigenvalue weighted by Crippen LogP contribution is -2.33. The normalized spacial score (nSPS) is 30.2. The number of ether oxygens (including phenoxy) is 1. The van der Waals surface area contributed by atoms with Crippen molar-refractivity contribution < 1.29 is 20.1 Å². The third-order valence-corrected chi connectivity index (χ3v) is 3.69.